The van der Waals surface area contributed by atoms with Crippen LogP contribution < -0.4 is 5.43 Å². The molecule has 0 aliphatic heterocycles. The van der Waals surface area contributed by atoms with Crippen molar-refractivity contribution in [2.24, 2.45) is 5.10 Å². The summed E-state index contributed by atoms with van der Waals surface area (Å²) in [7, 11) is 0. The molecule has 0 unspecified atom stereocenters. The Morgan fingerprint density at radius 3 is 2.59 bits per heavy atom. The van der Waals surface area contributed by atoms with Gasteiger partial charge in [0.05, 0.1) is 11.9 Å². The second-order valence-corrected chi connectivity index (χ2v) is 6.47. The van der Waals surface area contributed by atoms with Gasteiger partial charge in [0.1, 0.15) is 11.8 Å². The minimum Gasteiger partial charge on any atom is -0.422 e. The van der Waals surface area contributed by atoms with Gasteiger partial charge in [0.2, 0.25) is 5.69 Å². The van der Waals surface area contributed by atoms with Crippen molar-refractivity contribution in [2.75, 3.05) is 5.43 Å². The zero-order chi connectivity index (χ0) is 20.2. The summed E-state index contributed by atoms with van der Waals surface area (Å²) in [5.41, 5.74) is 7.65. The fourth-order valence-corrected chi connectivity index (χ4v) is 2.87. The molecule has 7 nitrogen and oxygen atoms in total. The fraction of sp³-hybridized carbons (Fsp3) is 0.0909. The van der Waals surface area contributed by atoms with E-state index in [-0.39, 0.29) is 11.6 Å². The third kappa shape index (κ3) is 3.92. The Kier molecular flexibility index (Phi) is 4.91. The van der Waals surface area contributed by atoms with Gasteiger partial charge >= 0.3 is 0 Å². The monoisotopic (exact) mass is 382 g/mol. The highest BCUT2D eigenvalue weighted by Crippen LogP contribution is 2.23. The standard InChI is InChI=1S/C22H18N6O/c1-15-8-10-17(11-9-15)21-18(14-28(27-21)19-6-4-3-5-7-19)13-24-26-22-20(12-23)25-16(2)29-22/h3-11,13-14,26H,1-2H3. The molecule has 0 saturated heterocycles. The molecule has 0 atom stereocenters. The topological polar surface area (TPSA) is 92.0 Å². The summed E-state index contributed by atoms with van der Waals surface area (Å²) in [6, 6.07) is 20.0. The summed E-state index contributed by atoms with van der Waals surface area (Å²) >= 11 is 0. The number of nitriles is 1. The molecule has 0 aliphatic carbocycles. The average molecular weight is 382 g/mol. The molecular formula is C22H18N6O. The molecule has 0 saturated carbocycles. The molecule has 4 rings (SSSR count). The number of para-hydroxylation sites is 1. The van der Waals surface area contributed by atoms with Crippen molar-refractivity contribution < 1.29 is 4.42 Å². The van der Waals surface area contributed by atoms with E-state index in [1.807, 2.05) is 78.5 Å². The van der Waals surface area contributed by atoms with Crippen molar-refractivity contribution in [1.82, 2.24) is 14.8 Å². The van der Waals surface area contributed by atoms with Gasteiger partial charge in [-0.1, -0.05) is 48.0 Å². The second kappa shape index (κ2) is 7.82. The van der Waals surface area contributed by atoms with E-state index in [2.05, 4.69) is 15.5 Å². The van der Waals surface area contributed by atoms with Gasteiger partial charge in [0, 0.05) is 24.2 Å². The smallest absolute Gasteiger partial charge is 0.252 e. The van der Waals surface area contributed by atoms with E-state index in [0.29, 0.717) is 5.89 Å². The first kappa shape index (κ1) is 18.2. The summed E-state index contributed by atoms with van der Waals surface area (Å²) < 4.78 is 7.18. The number of aryl methyl sites for hydroxylation is 2. The van der Waals surface area contributed by atoms with E-state index in [0.717, 1.165) is 22.5 Å². The predicted octanol–water partition coefficient (Wildman–Crippen LogP) is 4.46. The molecule has 4 aromatic rings. The molecular weight excluding hydrogens is 364 g/mol. The largest absolute Gasteiger partial charge is 0.422 e. The molecule has 2 aromatic heterocycles. The molecule has 0 fully saturated rings. The first-order valence-electron chi connectivity index (χ1n) is 9.03. The third-order valence-corrected chi connectivity index (χ3v) is 4.30. The molecule has 7 heteroatoms. The highest BCUT2D eigenvalue weighted by Gasteiger charge is 2.12. The van der Waals surface area contributed by atoms with Crippen LogP contribution in [0.1, 0.15) is 22.7 Å². The second-order valence-electron chi connectivity index (χ2n) is 6.47. The minimum absolute atomic E-state index is 0.165. The van der Waals surface area contributed by atoms with Crippen molar-refractivity contribution in [3.05, 3.63) is 83.5 Å². The van der Waals surface area contributed by atoms with Crippen LogP contribution in [0, 0.1) is 25.2 Å². The Balaban J connectivity index is 1.70. The number of hydrogen-bond donors (Lipinski definition) is 1. The van der Waals surface area contributed by atoms with Crippen LogP contribution in [0.5, 0.6) is 0 Å². The van der Waals surface area contributed by atoms with Gasteiger partial charge in [-0.15, -0.1) is 0 Å². The quantitative estimate of drug-likeness (QED) is 0.406. The van der Waals surface area contributed by atoms with E-state index >= 15 is 0 Å². The number of nitrogens with zero attached hydrogens (tertiary/aromatic N) is 5. The Morgan fingerprint density at radius 1 is 1.10 bits per heavy atom. The first-order valence-corrected chi connectivity index (χ1v) is 9.03. The lowest BCUT2D eigenvalue weighted by atomic mass is 10.1. The molecule has 0 spiro atoms. The summed E-state index contributed by atoms with van der Waals surface area (Å²) in [5.74, 6) is 0.616. The third-order valence-electron chi connectivity index (χ3n) is 4.30. The number of rotatable bonds is 5. The lowest BCUT2D eigenvalue weighted by Gasteiger charge is -2.01. The van der Waals surface area contributed by atoms with Crippen molar-refractivity contribution in [3.8, 4) is 23.0 Å². The molecule has 29 heavy (non-hydrogen) atoms. The number of hydrogen-bond acceptors (Lipinski definition) is 6. The van der Waals surface area contributed by atoms with Gasteiger partial charge in [-0.2, -0.15) is 15.5 Å². The van der Waals surface area contributed by atoms with Gasteiger partial charge in [0.15, 0.2) is 5.89 Å². The van der Waals surface area contributed by atoms with Crippen molar-refractivity contribution in [2.45, 2.75) is 13.8 Å². The summed E-state index contributed by atoms with van der Waals surface area (Å²) in [6.45, 7) is 3.72. The molecule has 0 amide bonds. The Bertz CT molecular complexity index is 1200. The highest BCUT2D eigenvalue weighted by molar-refractivity contribution is 5.89. The lowest BCUT2D eigenvalue weighted by Crippen LogP contribution is -1.93. The maximum Gasteiger partial charge on any atom is 0.252 e. The van der Waals surface area contributed by atoms with E-state index in [9.17, 15) is 0 Å². The molecule has 0 aliphatic rings. The van der Waals surface area contributed by atoms with E-state index in [1.165, 1.54) is 5.56 Å². The Morgan fingerprint density at radius 2 is 1.86 bits per heavy atom. The first-order chi connectivity index (χ1) is 14.1. The van der Waals surface area contributed by atoms with Crippen molar-refractivity contribution in [3.63, 3.8) is 0 Å². The normalized spacial score (nSPS) is 10.9. The van der Waals surface area contributed by atoms with Crippen LogP contribution in [0.4, 0.5) is 5.88 Å². The van der Waals surface area contributed by atoms with E-state index in [1.54, 1.807) is 13.1 Å². The van der Waals surface area contributed by atoms with Crippen LogP contribution in [0.2, 0.25) is 0 Å². The van der Waals surface area contributed by atoms with Crippen LogP contribution in [0.25, 0.3) is 16.9 Å². The van der Waals surface area contributed by atoms with Crippen LogP contribution >= 0.6 is 0 Å². The highest BCUT2D eigenvalue weighted by atomic mass is 16.4. The zero-order valence-corrected chi connectivity index (χ0v) is 16.0. The number of oxazole rings is 1. The van der Waals surface area contributed by atoms with Gasteiger partial charge in [-0.05, 0) is 19.1 Å². The summed E-state index contributed by atoms with van der Waals surface area (Å²) in [4.78, 5) is 3.99. The SMILES string of the molecule is Cc1ccc(-c2nn(-c3ccccc3)cc2C=NNc2oc(C)nc2C#N)cc1. The van der Waals surface area contributed by atoms with Crippen LogP contribution in [-0.4, -0.2) is 21.0 Å². The predicted molar refractivity (Wildman–Crippen MR) is 111 cm³/mol. The van der Waals surface area contributed by atoms with Crippen LogP contribution in [0.15, 0.2) is 70.3 Å². The minimum atomic E-state index is 0.165. The van der Waals surface area contributed by atoms with Gasteiger partial charge < -0.3 is 4.42 Å². The zero-order valence-electron chi connectivity index (χ0n) is 16.0. The van der Waals surface area contributed by atoms with Crippen LogP contribution in [0.3, 0.4) is 0 Å². The lowest BCUT2D eigenvalue weighted by molar-refractivity contribution is 0.533. The summed E-state index contributed by atoms with van der Waals surface area (Å²) in [6.07, 6.45) is 3.56. The number of anilines is 1. The van der Waals surface area contributed by atoms with Gasteiger partial charge in [0.25, 0.3) is 5.88 Å². The molecule has 142 valence electrons. The Hall–Kier alpha value is -4.18. The number of aromatic nitrogens is 3. The number of benzene rings is 2. The molecule has 2 heterocycles. The molecule has 0 bridgehead atoms. The molecule has 2 aromatic carbocycles. The average Bonchev–Trinajstić information content (AvgIpc) is 3.32. The molecule has 0 radical (unpaired) electrons. The number of hydrazone groups is 1. The fourth-order valence-electron chi connectivity index (χ4n) is 2.87. The van der Waals surface area contributed by atoms with Gasteiger partial charge in [-0.25, -0.2) is 15.1 Å². The van der Waals surface area contributed by atoms with Crippen molar-refractivity contribution >= 4 is 12.1 Å². The molecule has 1 N–H and O–H groups in total. The summed E-state index contributed by atoms with van der Waals surface area (Å²) in [5, 5.41) is 18.1. The van der Waals surface area contributed by atoms with Crippen molar-refractivity contribution in [1.29, 1.82) is 5.26 Å². The number of nitrogens with one attached hydrogen (secondary N) is 1. The maximum absolute atomic E-state index is 9.11. The van der Waals surface area contributed by atoms with E-state index < -0.39 is 0 Å². The maximum atomic E-state index is 9.11. The van der Waals surface area contributed by atoms with Gasteiger partial charge in [-0.3, -0.25) is 0 Å². The van der Waals surface area contributed by atoms with E-state index in [4.69, 9.17) is 14.8 Å². The Labute approximate surface area is 167 Å². The van der Waals surface area contributed by atoms with Crippen LogP contribution in [-0.2, 0) is 0 Å².